The van der Waals surface area contributed by atoms with Crippen molar-refractivity contribution in [2.75, 3.05) is 6.54 Å². The number of ether oxygens (including phenoxy) is 1. The monoisotopic (exact) mass is 331 g/mol. The predicted molar refractivity (Wildman–Crippen MR) is 80.9 cm³/mol. The third kappa shape index (κ3) is 3.80. The first-order valence-corrected chi connectivity index (χ1v) is 8.22. The van der Waals surface area contributed by atoms with Crippen LogP contribution in [0, 0.1) is 5.41 Å². The highest BCUT2D eigenvalue weighted by atomic mass is 79.9. The molecule has 1 aromatic rings. The number of hydrogen-bond acceptors (Lipinski definition) is 3. The summed E-state index contributed by atoms with van der Waals surface area (Å²) in [5, 5.41) is 0. The molecule has 1 unspecified atom stereocenters. The summed E-state index contributed by atoms with van der Waals surface area (Å²) in [4.78, 5) is 1.23. The Bertz CT molecular complexity index is 381. The third-order valence-electron chi connectivity index (χ3n) is 3.77. The molecule has 102 valence electrons. The Balaban J connectivity index is 1.92. The zero-order valence-corrected chi connectivity index (χ0v) is 13.5. The van der Waals surface area contributed by atoms with Crippen molar-refractivity contribution in [3.8, 4) is 0 Å². The fraction of sp³-hybridized carbons (Fsp3) is 0.714. The molecule has 0 amide bonds. The van der Waals surface area contributed by atoms with Crippen molar-refractivity contribution in [2.45, 2.75) is 51.7 Å². The highest BCUT2D eigenvalue weighted by molar-refractivity contribution is 9.11. The summed E-state index contributed by atoms with van der Waals surface area (Å²) in [6.07, 6.45) is 5.28. The Kier molecular flexibility index (Phi) is 4.86. The van der Waals surface area contributed by atoms with E-state index < -0.39 is 0 Å². The average Bonchev–Trinajstić information content (AvgIpc) is 2.74. The number of halogens is 1. The lowest BCUT2D eigenvalue weighted by Gasteiger charge is -2.35. The molecule has 0 spiro atoms. The fourth-order valence-electron chi connectivity index (χ4n) is 2.48. The van der Waals surface area contributed by atoms with Gasteiger partial charge in [0.1, 0.15) is 6.10 Å². The summed E-state index contributed by atoms with van der Waals surface area (Å²) in [5.74, 6) is 0. The van der Waals surface area contributed by atoms with Crippen LogP contribution < -0.4 is 5.73 Å². The first-order valence-electron chi connectivity index (χ1n) is 6.61. The molecule has 0 saturated heterocycles. The standard InChI is InChI=1S/C14H22BrNOS/c1-14(2)7-5-10(6-8-14)17-11(9-16)12-3-4-13(15)18-12/h3-4,10-11H,5-9,16H2,1-2H3. The fourth-order valence-corrected chi connectivity index (χ4v) is 3.95. The van der Waals surface area contributed by atoms with Gasteiger partial charge in [0.2, 0.25) is 0 Å². The van der Waals surface area contributed by atoms with Crippen LogP contribution >= 0.6 is 27.3 Å². The van der Waals surface area contributed by atoms with Gasteiger partial charge < -0.3 is 10.5 Å². The van der Waals surface area contributed by atoms with E-state index in [-0.39, 0.29) is 6.10 Å². The van der Waals surface area contributed by atoms with Gasteiger partial charge in [-0.25, -0.2) is 0 Å². The summed E-state index contributed by atoms with van der Waals surface area (Å²) in [5.41, 5.74) is 6.34. The molecule has 4 heteroatoms. The molecule has 1 atom stereocenters. The Morgan fingerprint density at radius 3 is 2.61 bits per heavy atom. The van der Waals surface area contributed by atoms with E-state index >= 15 is 0 Å². The van der Waals surface area contributed by atoms with Crippen LogP contribution in [-0.2, 0) is 4.74 Å². The van der Waals surface area contributed by atoms with Crippen molar-refractivity contribution in [1.29, 1.82) is 0 Å². The highest BCUT2D eigenvalue weighted by Crippen LogP contribution is 2.38. The van der Waals surface area contributed by atoms with Crippen LogP contribution in [0.15, 0.2) is 15.9 Å². The molecular weight excluding hydrogens is 310 g/mol. The van der Waals surface area contributed by atoms with E-state index in [0.29, 0.717) is 18.1 Å². The van der Waals surface area contributed by atoms with E-state index in [0.717, 1.165) is 16.6 Å². The van der Waals surface area contributed by atoms with E-state index in [1.54, 1.807) is 11.3 Å². The molecular formula is C14H22BrNOS. The van der Waals surface area contributed by atoms with Gasteiger partial charge in [-0.3, -0.25) is 0 Å². The van der Waals surface area contributed by atoms with Crippen LogP contribution in [0.3, 0.4) is 0 Å². The zero-order chi connectivity index (χ0) is 13.2. The summed E-state index contributed by atoms with van der Waals surface area (Å²) >= 11 is 5.21. The summed E-state index contributed by atoms with van der Waals surface area (Å²) in [6.45, 7) is 5.26. The van der Waals surface area contributed by atoms with E-state index in [1.807, 2.05) is 0 Å². The maximum atomic E-state index is 6.20. The van der Waals surface area contributed by atoms with E-state index in [9.17, 15) is 0 Å². The third-order valence-corrected chi connectivity index (χ3v) is 5.48. The lowest BCUT2D eigenvalue weighted by molar-refractivity contribution is -0.0414. The van der Waals surface area contributed by atoms with Gasteiger partial charge in [-0.1, -0.05) is 13.8 Å². The normalized spacial score (nSPS) is 22.0. The van der Waals surface area contributed by atoms with Gasteiger partial charge in [-0.05, 0) is 59.2 Å². The van der Waals surface area contributed by atoms with Crippen LogP contribution in [-0.4, -0.2) is 12.6 Å². The van der Waals surface area contributed by atoms with Crippen molar-refractivity contribution < 1.29 is 4.74 Å². The van der Waals surface area contributed by atoms with Crippen molar-refractivity contribution in [3.05, 3.63) is 20.8 Å². The predicted octanol–water partition coefficient (Wildman–Crippen LogP) is 4.50. The molecule has 1 aliphatic carbocycles. The van der Waals surface area contributed by atoms with E-state index in [2.05, 4.69) is 41.9 Å². The molecule has 1 saturated carbocycles. The van der Waals surface area contributed by atoms with E-state index in [4.69, 9.17) is 10.5 Å². The first-order chi connectivity index (χ1) is 8.50. The smallest absolute Gasteiger partial charge is 0.104 e. The maximum Gasteiger partial charge on any atom is 0.104 e. The minimum Gasteiger partial charge on any atom is -0.368 e. The van der Waals surface area contributed by atoms with Gasteiger partial charge in [0.05, 0.1) is 9.89 Å². The molecule has 2 N–H and O–H groups in total. The van der Waals surface area contributed by atoms with Gasteiger partial charge in [0, 0.05) is 11.4 Å². The quantitative estimate of drug-likeness (QED) is 0.881. The SMILES string of the molecule is CC1(C)CCC(OC(CN)c2ccc(Br)s2)CC1. The van der Waals surface area contributed by atoms with Crippen LogP contribution in [0.1, 0.15) is 50.5 Å². The summed E-state index contributed by atoms with van der Waals surface area (Å²) in [6, 6.07) is 4.18. The molecule has 1 heterocycles. The highest BCUT2D eigenvalue weighted by Gasteiger charge is 2.29. The average molecular weight is 332 g/mol. The van der Waals surface area contributed by atoms with Gasteiger partial charge >= 0.3 is 0 Å². The maximum absolute atomic E-state index is 6.20. The van der Waals surface area contributed by atoms with Crippen molar-refractivity contribution >= 4 is 27.3 Å². The first kappa shape index (κ1) is 14.5. The Labute approximate surface area is 122 Å². The molecule has 1 aliphatic rings. The molecule has 0 bridgehead atoms. The molecule has 0 aromatic carbocycles. The lowest BCUT2D eigenvalue weighted by atomic mass is 9.76. The van der Waals surface area contributed by atoms with E-state index in [1.165, 1.54) is 17.7 Å². The molecule has 2 rings (SSSR count). The molecule has 18 heavy (non-hydrogen) atoms. The minimum absolute atomic E-state index is 0.0625. The van der Waals surface area contributed by atoms with Gasteiger partial charge in [0.15, 0.2) is 0 Å². The van der Waals surface area contributed by atoms with Crippen LogP contribution in [0.5, 0.6) is 0 Å². The molecule has 0 aliphatic heterocycles. The van der Waals surface area contributed by atoms with Crippen LogP contribution in [0.2, 0.25) is 0 Å². The van der Waals surface area contributed by atoms with Crippen LogP contribution in [0.25, 0.3) is 0 Å². The van der Waals surface area contributed by atoms with Crippen LogP contribution in [0.4, 0.5) is 0 Å². The second-order valence-corrected chi connectivity index (χ2v) is 8.36. The largest absolute Gasteiger partial charge is 0.368 e. The molecule has 0 radical (unpaired) electrons. The zero-order valence-electron chi connectivity index (χ0n) is 11.1. The number of rotatable bonds is 4. The van der Waals surface area contributed by atoms with Crippen molar-refractivity contribution in [3.63, 3.8) is 0 Å². The van der Waals surface area contributed by atoms with Gasteiger partial charge in [0.25, 0.3) is 0 Å². The Morgan fingerprint density at radius 1 is 1.44 bits per heavy atom. The minimum atomic E-state index is 0.0625. The Hall–Kier alpha value is 0.1000. The number of nitrogens with two attached hydrogens (primary N) is 1. The topological polar surface area (TPSA) is 35.2 Å². The molecule has 1 fully saturated rings. The second-order valence-electron chi connectivity index (χ2n) is 5.87. The lowest BCUT2D eigenvalue weighted by Crippen LogP contribution is -2.29. The van der Waals surface area contributed by atoms with Gasteiger partial charge in [-0.15, -0.1) is 11.3 Å². The number of thiophene rings is 1. The molecule has 1 aromatic heterocycles. The summed E-state index contributed by atoms with van der Waals surface area (Å²) in [7, 11) is 0. The van der Waals surface area contributed by atoms with Crippen molar-refractivity contribution in [1.82, 2.24) is 0 Å². The number of hydrogen-bond donors (Lipinski definition) is 1. The van der Waals surface area contributed by atoms with Crippen molar-refractivity contribution in [2.24, 2.45) is 11.1 Å². The summed E-state index contributed by atoms with van der Waals surface area (Å²) < 4.78 is 7.34. The second kappa shape index (κ2) is 6.04. The Morgan fingerprint density at radius 2 is 2.11 bits per heavy atom. The van der Waals surface area contributed by atoms with Gasteiger partial charge in [-0.2, -0.15) is 0 Å². The molecule has 2 nitrogen and oxygen atoms in total.